The van der Waals surface area contributed by atoms with Crippen LogP contribution < -0.4 is 10.6 Å². The van der Waals surface area contributed by atoms with Crippen LogP contribution in [0.2, 0.25) is 0 Å². The Balaban J connectivity index is 1.73. The summed E-state index contributed by atoms with van der Waals surface area (Å²) in [5.41, 5.74) is 0.884. The van der Waals surface area contributed by atoms with Crippen molar-refractivity contribution in [2.24, 2.45) is 5.92 Å². The number of carbonyl (C=O) groups excluding carboxylic acids is 2. The van der Waals surface area contributed by atoms with Crippen LogP contribution in [0.3, 0.4) is 0 Å². The Hall–Kier alpha value is -1.93. The first kappa shape index (κ1) is 19.4. The van der Waals surface area contributed by atoms with Gasteiger partial charge in [-0.15, -0.1) is 0 Å². The van der Waals surface area contributed by atoms with Crippen molar-refractivity contribution in [1.29, 1.82) is 0 Å². The summed E-state index contributed by atoms with van der Waals surface area (Å²) in [4.78, 5) is 28.3. The van der Waals surface area contributed by atoms with E-state index in [0.717, 1.165) is 44.2 Å². The Morgan fingerprint density at radius 2 is 1.92 bits per heavy atom. The molecule has 8 heteroatoms. The highest BCUT2D eigenvalue weighted by Crippen LogP contribution is 2.11. The average molecular weight is 351 g/mol. The molecule has 1 aromatic heterocycles. The van der Waals surface area contributed by atoms with Gasteiger partial charge < -0.3 is 9.84 Å². The second-order valence-corrected chi connectivity index (χ2v) is 7.02. The zero-order valence-corrected chi connectivity index (χ0v) is 15.5. The molecule has 0 radical (unpaired) electrons. The number of imide groups is 1. The lowest BCUT2D eigenvalue weighted by Gasteiger charge is -2.36. The Labute approximate surface area is 148 Å². The molecule has 0 aromatic carbocycles. The summed E-state index contributed by atoms with van der Waals surface area (Å²) in [5, 5.41) is 9.01. The minimum atomic E-state index is -0.426. The first-order chi connectivity index (χ1) is 11.8. The van der Waals surface area contributed by atoms with E-state index in [2.05, 4.69) is 25.6 Å². The van der Waals surface area contributed by atoms with Crippen molar-refractivity contribution in [2.75, 3.05) is 32.7 Å². The summed E-state index contributed by atoms with van der Waals surface area (Å²) in [7, 11) is 0. The van der Waals surface area contributed by atoms with Gasteiger partial charge in [0.2, 0.25) is 5.91 Å². The maximum atomic E-state index is 12.2. The topological polar surface area (TPSA) is 90.7 Å². The first-order valence-corrected chi connectivity index (χ1v) is 8.82. The van der Waals surface area contributed by atoms with E-state index < -0.39 is 6.03 Å². The lowest BCUT2D eigenvalue weighted by atomic mass is 10.2. The number of nitrogens with zero attached hydrogens (tertiary/aromatic N) is 3. The fourth-order valence-electron chi connectivity index (χ4n) is 2.74. The molecule has 25 heavy (non-hydrogen) atoms. The van der Waals surface area contributed by atoms with Crippen molar-refractivity contribution in [3.63, 3.8) is 0 Å². The number of hydrogen-bond donors (Lipinski definition) is 2. The number of urea groups is 1. The fourth-order valence-corrected chi connectivity index (χ4v) is 2.74. The van der Waals surface area contributed by atoms with E-state index in [1.165, 1.54) is 0 Å². The highest BCUT2D eigenvalue weighted by atomic mass is 16.5. The van der Waals surface area contributed by atoms with Crippen LogP contribution in [-0.4, -0.2) is 65.7 Å². The van der Waals surface area contributed by atoms with Crippen molar-refractivity contribution in [3.8, 4) is 0 Å². The molecule has 1 unspecified atom stereocenters. The predicted octanol–water partition coefficient (Wildman–Crippen LogP) is 0.971. The average Bonchev–Trinajstić information content (AvgIpc) is 2.98. The molecule has 1 aliphatic rings. The second-order valence-electron chi connectivity index (χ2n) is 7.02. The van der Waals surface area contributed by atoms with E-state index in [1.807, 2.05) is 33.8 Å². The molecule has 0 bridgehead atoms. The standard InChI is InChI=1S/C17H29N5O3/c1-12(2)10-18-17(24)19-16(23)14(4)22-7-5-21(6-8-22)11-15-9-13(3)20-25-15/h9,12,14H,5-8,10-11H2,1-4H3,(H2,18,19,23,24). The lowest BCUT2D eigenvalue weighted by molar-refractivity contribution is -0.125. The van der Waals surface area contributed by atoms with E-state index in [0.29, 0.717) is 12.5 Å². The highest BCUT2D eigenvalue weighted by molar-refractivity contribution is 5.96. The van der Waals surface area contributed by atoms with Gasteiger partial charge in [0, 0.05) is 38.8 Å². The van der Waals surface area contributed by atoms with Gasteiger partial charge in [0.05, 0.1) is 18.3 Å². The third-order valence-electron chi connectivity index (χ3n) is 4.30. The second kappa shape index (κ2) is 8.96. The van der Waals surface area contributed by atoms with Crippen LogP contribution in [0.5, 0.6) is 0 Å². The number of rotatable bonds is 6. The van der Waals surface area contributed by atoms with Crippen molar-refractivity contribution in [2.45, 2.75) is 40.3 Å². The molecule has 1 fully saturated rings. The van der Waals surface area contributed by atoms with Crippen LogP contribution in [0.4, 0.5) is 4.79 Å². The van der Waals surface area contributed by atoms with Crippen molar-refractivity contribution < 1.29 is 14.1 Å². The number of carbonyl (C=O) groups is 2. The van der Waals surface area contributed by atoms with Gasteiger partial charge >= 0.3 is 6.03 Å². The highest BCUT2D eigenvalue weighted by Gasteiger charge is 2.26. The number of nitrogens with one attached hydrogen (secondary N) is 2. The Kier molecular flexibility index (Phi) is 6.95. The molecular formula is C17H29N5O3. The van der Waals surface area contributed by atoms with E-state index in [-0.39, 0.29) is 11.9 Å². The molecule has 3 amide bonds. The fraction of sp³-hybridized carbons (Fsp3) is 0.706. The third-order valence-corrected chi connectivity index (χ3v) is 4.30. The molecule has 0 spiro atoms. The van der Waals surface area contributed by atoms with Gasteiger partial charge in [-0.25, -0.2) is 4.79 Å². The number of piperazine rings is 1. The van der Waals surface area contributed by atoms with E-state index >= 15 is 0 Å². The molecule has 1 aliphatic heterocycles. The number of aromatic nitrogens is 1. The summed E-state index contributed by atoms with van der Waals surface area (Å²) >= 11 is 0. The molecule has 2 heterocycles. The summed E-state index contributed by atoms with van der Waals surface area (Å²) in [6.45, 7) is 12.3. The SMILES string of the molecule is Cc1cc(CN2CCN(C(C)C(=O)NC(=O)NCC(C)C)CC2)on1. The zero-order chi connectivity index (χ0) is 18.4. The minimum absolute atomic E-state index is 0.263. The van der Waals surface area contributed by atoms with Crippen LogP contribution in [0.1, 0.15) is 32.2 Å². The molecule has 0 aliphatic carbocycles. The van der Waals surface area contributed by atoms with Crippen LogP contribution >= 0.6 is 0 Å². The predicted molar refractivity (Wildman–Crippen MR) is 93.9 cm³/mol. The third kappa shape index (κ3) is 6.13. The largest absolute Gasteiger partial charge is 0.360 e. The van der Waals surface area contributed by atoms with Crippen molar-refractivity contribution in [3.05, 3.63) is 17.5 Å². The molecule has 1 atom stereocenters. The number of amides is 3. The first-order valence-electron chi connectivity index (χ1n) is 8.82. The van der Waals surface area contributed by atoms with Crippen LogP contribution in [0, 0.1) is 12.8 Å². The molecule has 2 rings (SSSR count). The molecule has 8 nitrogen and oxygen atoms in total. The van der Waals surface area contributed by atoms with Crippen LogP contribution in [-0.2, 0) is 11.3 Å². The monoisotopic (exact) mass is 351 g/mol. The van der Waals surface area contributed by atoms with Gasteiger partial charge in [-0.2, -0.15) is 0 Å². The normalized spacial score (nSPS) is 17.5. The molecule has 140 valence electrons. The molecule has 1 aromatic rings. The molecular weight excluding hydrogens is 322 g/mol. The van der Waals surface area contributed by atoms with Gasteiger partial charge in [-0.1, -0.05) is 19.0 Å². The van der Waals surface area contributed by atoms with Gasteiger partial charge in [0.15, 0.2) is 5.76 Å². The van der Waals surface area contributed by atoms with Crippen molar-refractivity contribution >= 4 is 11.9 Å². The Morgan fingerprint density at radius 1 is 1.24 bits per heavy atom. The summed E-state index contributed by atoms with van der Waals surface area (Å²) in [6.07, 6.45) is 0. The van der Waals surface area contributed by atoms with Gasteiger partial charge in [0.25, 0.3) is 0 Å². The quantitative estimate of drug-likeness (QED) is 0.794. The molecule has 2 N–H and O–H groups in total. The van der Waals surface area contributed by atoms with Gasteiger partial charge in [-0.05, 0) is 19.8 Å². The summed E-state index contributed by atoms with van der Waals surface area (Å²) in [6, 6.07) is 1.18. The Bertz CT molecular complexity index is 579. The maximum absolute atomic E-state index is 12.2. The lowest BCUT2D eigenvalue weighted by Crippen LogP contribution is -2.55. The van der Waals surface area contributed by atoms with E-state index in [1.54, 1.807) is 0 Å². The van der Waals surface area contributed by atoms with E-state index in [4.69, 9.17) is 4.52 Å². The maximum Gasteiger partial charge on any atom is 0.321 e. The van der Waals surface area contributed by atoms with Crippen LogP contribution in [0.15, 0.2) is 10.6 Å². The van der Waals surface area contributed by atoms with E-state index in [9.17, 15) is 9.59 Å². The summed E-state index contributed by atoms with van der Waals surface area (Å²) < 4.78 is 5.25. The molecule has 1 saturated heterocycles. The summed E-state index contributed by atoms with van der Waals surface area (Å²) in [5.74, 6) is 0.943. The smallest absolute Gasteiger partial charge is 0.321 e. The van der Waals surface area contributed by atoms with Gasteiger partial charge in [0.1, 0.15) is 0 Å². The van der Waals surface area contributed by atoms with Crippen LogP contribution in [0.25, 0.3) is 0 Å². The van der Waals surface area contributed by atoms with Gasteiger partial charge in [-0.3, -0.25) is 19.9 Å². The number of aryl methyl sites for hydroxylation is 1. The molecule has 0 saturated carbocycles. The zero-order valence-electron chi connectivity index (χ0n) is 15.5. The van der Waals surface area contributed by atoms with Crippen molar-refractivity contribution in [1.82, 2.24) is 25.6 Å². The minimum Gasteiger partial charge on any atom is -0.360 e. The number of hydrogen-bond acceptors (Lipinski definition) is 6. The Morgan fingerprint density at radius 3 is 2.48 bits per heavy atom.